The van der Waals surface area contributed by atoms with Gasteiger partial charge in [-0.3, -0.25) is 0 Å². The number of rotatable bonds is 4. The topological polar surface area (TPSA) is 9.23 Å². The van der Waals surface area contributed by atoms with Gasteiger partial charge < -0.3 is 4.74 Å². The molecule has 2 fully saturated rings. The molecule has 1 nitrogen and oxygen atoms in total. The Hall–Kier alpha value is -0.651. The van der Waals surface area contributed by atoms with Crippen LogP contribution in [0.5, 0.6) is 0 Å². The standard InChI is InChI=1S/C17H14P.C6H7O.Fe/c1-3-9-15(10-4-1)18(17-13-7-8-14-17)16-11-5-2-6-12-16;1-7-6-4-2-3-5-6;/h1-14H;2-5H,1H3;/q;;+2. The minimum Gasteiger partial charge on any atom is -0.375 e. The second kappa shape index (κ2) is 11.9. The van der Waals surface area contributed by atoms with Crippen LogP contribution >= 0.6 is 7.92 Å². The van der Waals surface area contributed by atoms with Gasteiger partial charge >= 0.3 is 17.1 Å². The third kappa shape index (κ3) is 6.21. The van der Waals surface area contributed by atoms with E-state index < -0.39 is 7.92 Å². The summed E-state index contributed by atoms with van der Waals surface area (Å²) in [5, 5.41) is 2.81. The van der Waals surface area contributed by atoms with Crippen LogP contribution < -0.4 is 10.6 Å². The molecule has 0 amide bonds. The molecular weight excluding hydrogens is 379 g/mol. The third-order valence-electron chi connectivity index (χ3n) is 3.80. The van der Waals surface area contributed by atoms with Gasteiger partial charge in [0.15, 0.2) is 0 Å². The van der Waals surface area contributed by atoms with Gasteiger partial charge in [0.25, 0.3) is 0 Å². The van der Waals surface area contributed by atoms with Crippen molar-refractivity contribution >= 4 is 18.5 Å². The van der Waals surface area contributed by atoms with E-state index in [-0.39, 0.29) is 17.1 Å². The van der Waals surface area contributed by atoms with Crippen LogP contribution in [0.3, 0.4) is 0 Å². The molecule has 10 radical (unpaired) electrons. The molecule has 0 bridgehead atoms. The molecule has 0 atom stereocenters. The van der Waals surface area contributed by atoms with Crippen LogP contribution in [0.1, 0.15) is 0 Å². The molecule has 3 heteroatoms. The molecule has 0 N–H and O–H groups in total. The number of ether oxygens (including phenoxy) is 1. The monoisotopic (exact) mass is 400 g/mol. The zero-order valence-corrected chi connectivity index (χ0v) is 16.6. The fourth-order valence-electron chi connectivity index (χ4n) is 2.61. The van der Waals surface area contributed by atoms with Crippen LogP contribution in [-0.2, 0) is 21.8 Å². The minimum absolute atomic E-state index is 0. The Bertz CT molecular complexity index is 553. The predicted molar refractivity (Wildman–Crippen MR) is 107 cm³/mol. The smallest absolute Gasteiger partial charge is 0.375 e. The molecule has 0 aromatic heterocycles. The first-order valence-corrected chi connectivity index (χ1v) is 9.60. The van der Waals surface area contributed by atoms with Gasteiger partial charge in [-0.15, -0.1) is 0 Å². The van der Waals surface area contributed by atoms with E-state index in [2.05, 4.69) is 86.3 Å². The summed E-state index contributed by atoms with van der Waals surface area (Å²) in [6.45, 7) is 0. The zero-order valence-electron chi connectivity index (χ0n) is 14.6. The number of hydrogen-bond acceptors (Lipinski definition) is 1. The maximum atomic E-state index is 4.85. The molecule has 130 valence electrons. The second-order valence-corrected chi connectivity index (χ2v) is 7.69. The third-order valence-corrected chi connectivity index (χ3v) is 6.24. The van der Waals surface area contributed by atoms with Crippen LogP contribution in [-0.4, -0.2) is 7.11 Å². The van der Waals surface area contributed by atoms with Gasteiger partial charge in [0.05, 0.1) is 0 Å². The van der Waals surface area contributed by atoms with Crippen LogP contribution in [0.25, 0.3) is 0 Å². The molecule has 0 aliphatic heterocycles. The number of methoxy groups -OCH3 is 1. The van der Waals surface area contributed by atoms with Gasteiger partial charge in [-0.1, -0.05) is 60.7 Å². The van der Waals surface area contributed by atoms with Crippen LogP contribution in [0, 0.1) is 63.1 Å². The van der Waals surface area contributed by atoms with E-state index in [1.165, 1.54) is 16.3 Å². The first kappa shape index (κ1) is 21.6. The molecule has 0 saturated heterocycles. The summed E-state index contributed by atoms with van der Waals surface area (Å²) < 4.78 is 4.85. The van der Waals surface area contributed by atoms with Crippen molar-refractivity contribution in [3.63, 3.8) is 0 Å². The van der Waals surface area contributed by atoms with Crippen LogP contribution in [0.4, 0.5) is 0 Å². The Labute approximate surface area is 171 Å². The first-order valence-electron chi connectivity index (χ1n) is 8.26. The molecule has 2 aliphatic carbocycles. The van der Waals surface area contributed by atoms with Crippen molar-refractivity contribution in [2.75, 3.05) is 7.11 Å². The predicted octanol–water partition coefficient (Wildman–Crippen LogP) is 4.48. The largest absolute Gasteiger partial charge is 2.00 e. The van der Waals surface area contributed by atoms with Gasteiger partial charge in [-0.2, -0.15) is 0 Å². The van der Waals surface area contributed by atoms with Gasteiger partial charge in [0.2, 0.25) is 0 Å². The van der Waals surface area contributed by atoms with Crippen molar-refractivity contribution in [1.82, 2.24) is 0 Å². The summed E-state index contributed by atoms with van der Waals surface area (Å²) in [7, 11) is 1.25. The fourth-order valence-corrected chi connectivity index (χ4v) is 4.91. The molecule has 26 heavy (non-hydrogen) atoms. The molecular formula is C23H21FeOP+2. The van der Waals surface area contributed by atoms with Gasteiger partial charge in [0.1, 0.15) is 6.10 Å². The summed E-state index contributed by atoms with van der Waals surface area (Å²) in [6, 6.07) is 21.6. The average Bonchev–Trinajstić information content (AvgIpc) is 3.38. The SMILES string of the molecule is CO[C]1[CH][CH][CH][CH]1.[CH]1[CH][CH][C](P(c2ccccc2)c2ccccc2)[CH]1.[Fe+2]. The molecule has 2 saturated carbocycles. The summed E-state index contributed by atoms with van der Waals surface area (Å²) >= 11 is 0. The Balaban J connectivity index is 0.000000258. The fraction of sp³-hybridized carbons (Fsp3) is 0.0435. The van der Waals surface area contributed by atoms with Crippen molar-refractivity contribution in [3.8, 4) is 0 Å². The van der Waals surface area contributed by atoms with Crippen LogP contribution in [0.15, 0.2) is 60.7 Å². The maximum Gasteiger partial charge on any atom is 2.00 e. The van der Waals surface area contributed by atoms with E-state index >= 15 is 0 Å². The van der Waals surface area contributed by atoms with Crippen molar-refractivity contribution in [2.45, 2.75) is 0 Å². The van der Waals surface area contributed by atoms with Crippen molar-refractivity contribution < 1.29 is 21.8 Å². The quantitative estimate of drug-likeness (QED) is 0.544. The van der Waals surface area contributed by atoms with Crippen molar-refractivity contribution in [2.24, 2.45) is 0 Å². The Kier molecular flexibility index (Phi) is 9.94. The summed E-state index contributed by atoms with van der Waals surface area (Å²) in [5.41, 5.74) is 1.42. The average molecular weight is 400 g/mol. The molecule has 4 rings (SSSR count). The first-order chi connectivity index (χ1) is 12.4. The van der Waals surface area contributed by atoms with Gasteiger partial charge in [0, 0.05) is 25.6 Å². The number of benzene rings is 2. The van der Waals surface area contributed by atoms with E-state index in [4.69, 9.17) is 4.74 Å². The van der Waals surface area contributed by atoms with Crippen molar-refractivity contribution in [3.05, 3.63) is 124 Å². The van der Waals surface area contributed by atoms with Gasteiger partial charge in [-0.05, 0) is 57.1 Å². The Morgan fingerprint density at radius 1 is 0.615 bits per heavy atom. The molecule has 2 aliphatic rings. The van der Waals surface area contributed by atoms with E-state index in [0.29, 0.717) is 0 Å². The Morgan fingerprint density at radius 3 is 1.42 bits per heavy atom. The summed E-state index contributed by atoms with van der Waals surface area (Å²) in [5.74, 6) is 0. The maximum absolute atomic E-state index is 4.85. The normalized spacial score (nSPS) is 17.6. The van der Waals surface area contributed by atoms with Crippen LogP contribution in [0.2, 0.25) is 0 Å². The van der Waals surface area contributed by atoms with E-state index in [0.717, 1.165) is 6.10 Å². The van der Waals surface area contributed by atoms with E-state index in [1.807, 2.05) is 25.7 Å². The second-order valence-electron chi connectivity index (χ2n) is 5.47. The van der Waals surface area contributed by atoms with Crippen molar-refractivity contribution in [1.29, 1.82) is 0 Å². The Morgan fingerprint density at radius 2 is 1.04 bits per heavy atom. The van der Waals surface area contributed by atoms with E-state index in [1.54, 1.807) is 7.11 Å². The molecule has 0 unspecified atom stereocenters. The van der Waals surface area contributed by atoms with Gasteiger partial charge in [-0.25, -0.2) is 0 Å². The number of hydrogen-bond donors (Lipinski definition) is 0. The minimum atomic E-state index is -0.409. The molecule has 2 aromatic rings. The van der Waals surface area contributed by atoms with E-state index in [9.17, 15) is 0 Å². The molecule has 0 spiro atoms. The summed E-state index contributed by atoms with van der Waals surface area (Å²) in [4.78, 5) is 0. The summed E-state index contributed by atoms with van der Waals surface area (Å²) in [6.07, 6.45) is 17.3. The molecule has 0 heterocycles. The zero-order chi connectivity index (χ0) is 17.3. The molecule has 2 aromatic carbocycles.